The SMILES string of the molecule is O=C(CN1C(=O)N/C(=C/c2ccc(OCc3ccc([N+](=O)[O-])cc3)c(I)c2)C1=O)Nc1ccccc1F. The van der Waals surface area contributed by atoms with Gasteiger partial charge in [0.15, 0.2) is 0 Å². The van der Waals surface area contributed by atoms with Crippen molar-refractivity contribution in [2.75, 3.05) is 11.9 Å². The Morgan fingerprint density at radius 2 is 1.86 bits per heavy atom. The van der Waals surface area contributed by atoms with E-state index in [4.69, 9.17) is 4.74 Å². The number of ether oxygens (including phenoxy) is 1. The summed E-state index contributed by atoms with van der Waals surface area (Å²) in [7, 11) is 0. The number of carbonyl (C=O) groups is 3. The smallest absolute Gasteiger partial charge is 0.329 e. The Hall–Kier alpha value is -4.33. The number of urea groups is 1. The summed E-state index contributed by atoms with van der Waals surface area (Å²) in [5.74, 6) is -1.49. The molecule has 188 valence electrons. The molecule has 0 atom stereocenters. The van der Waals surface area contributed by atoms with Crippen LogP contribution >= 0.6 is 22.6 Å². The molecule has 1 saturated heterocycles. The van der Waals surface area contributed by atoms with Crippen LogP contribution in [0.25, 0.3) is 6.08 Å². The minimum absolute atomic E-state index is 0.00596. The van der Waals surface area contributed by atoms with E-state index >= 15 is 0 Å². The summed E-state index contributed by atoms with van der Waals surface area (Å²) < 4.78 is 20.3. The molecular formula is C25H18FIN4O6. The molecule has 0 aliphatic carbocycles. The largest absolute Gasteiger partial charge is 0.488 e. The standard InChI is InChI=1S/C25H18FIN4O6/c26-18-3-1-2-4-20(18)28-23(32)13-30-24(33)21(29-25(30)34)12-16-7-10-22(19(27)11-16)37-14-15-5-8-17(9-6-15)31(35)36/h1-12H,13-14H2,(H,28,32)(H,29,34)/b21-12+. The Labute approximate surface area is 223 Å². The minimum Gasteiger partial charge on any atom is -0.488 e. The third-order valence-corrected chi connectivity index (χ3v) is 6.06. The molecule has 37 heavy (non-hydrogen) atoms. The van der Waals surface area contributed by atoms with Crippen molar-refractivity contribution in [1.82, 2.24) is 10.2 Å². The van der Waals surface area contributed by atoms with Gasteiger partial charge in [-0.15, -0.1) is 0 Å². The van der Waals surface area contributed by atoms with Crippen LogP contribution in [0.4, 0.5) is 20.6 Å². The van der Waals surface area contributed by atoms with E-state index in [1.807, 2.05) is 0 Å². The highest BCUT2D eigenvalue weighted by Crippen LogP contribution is 2.25. The average Bonchev–Trinajstić information content (AvgIpc) is 3.12. The zero-order valence-electron chi connectivity index (χ0n) is 18.9. The number of nitrogens with zero attached hydrogens (tertiary/aromatic N) is 2. The lowest BCUT2D eigenvalue weighted by Crippen LogP contribution is -2.38. The van der Waals surface area contributed by atoms with Crippen molar-refractivity contribution in [3.05, 3.63) is 103 Å². The first-order valence-corrected chi connectivity index (χ1v) is 11.8. The molecule has 4 rings (SSSR count). The Balaban J connectivity index is 1.39. The van der Waals surface area contributed by atoms with Crippen LogP contribution in [0.1, 0.15) is 11.1 Å². The third kappa shape index (κ3) is 6.27. The number of nitrogens with one attached hydrogen (secondary N) is 2. The van der Waals surface area contributed by atoms with Gasteiger partial charge in [-0.25, -0.2) is 14.1 Å². The van der Waals surface area contributed by atoms with Crippen LogP contribution in [0.2, 0.25) is 0 Å². The van der Waals surface area contributed by atoms with Crippen LogP contribution in [-0.4, -0.2) is 34.2 Å². The maximum absolute atomic E-state index is 13.7. The number of halogens is 2. The fraction of sp³-hybridized carbons (Fsp3) is 0.0800. The number of carbonyl (C=O) groups excluding carboxylic acids is 3. The molecule has 1 aliphatic rings. The van der Waals surface area contributed by atoms with Crippen molar-refractivity contribution < 1.29 is 28.4 Å². The number of imide groups is 1. The predicted octanol–water partition coefficient (Wildman–Crippen LogP) is 4.45. The molecule has 1 fully saturated rings. The molecule has 4 amide bonds. The number of benzene rings is 3. The summed E-state index contributed by atoms with van der Waals surface area (Å²) in [5, 5.41) is 15.5. The van der Waals surface area contributed by atoms with Gasteiger partial charge in [-0.05, 0) is 76.2 Å². The van der Waals surface area contributed by atoms with Crippen molar-refractivity contribution in [3.63, 3.8) is 0 Å². The molecule has 0 bridgehead atoms. The second-order valence-corrected chi connectivity index (χ2v) is 8.97. The number of hydrogen-bond acceptors (Lipinski definition) is 6. The summed E-state index contributed by atoms with van der Waals surface area (Å²) in [6.07, 6.45) is 1.47. The molecule has 3 aromatic rings. The highest BCUT2D eigenvalue weighted by molar-refractivity contribution is 14.1. The monoisotopic (exact) mass is 616 g/mol. The highest BCUT2D eigenvalue weighted by atomic mass is 127. The molecule has 1 aliphatic heterocycles. The number of nitro groups is 1. The second-order valence-electron chi connectivity index (χ2n) is 7.81. The molecule has 0 unspecified atom stereocenters. The first kappa shape index (κ1) is 25.8. The number of nitro benzene ring substituents is 1. The van der Waals surface area contributed by atoms with Gasteiger partial charge in [0, 0.05) is 12.1 Å². The van der Waals surface area contributed by atoms with E-state index in [0.717, 1.165) is 14.0 Å². The minimum atomic E-state index is -0.766. The Kier molecular flexibility index (Phi) is 7.77. The summed E-state index contributed by atoms with van der Waals surface area (Å²) >= 11 is 2.06. The third-order valence-electron chi connectivity index (χ3n) is 5.22. The van der Waals surface area contributed by atoms with Gasteiger partial charge in [0.25, 0.3) is 11.6 Å². The molecule has 1 heterocycles. The Morgan fingerprint density at radius 3 is 2.54 bits per heavy atom. The van der Waals surface area contributed by atoms with E-state index < -0.39 is 35.1 Å². The molecule has 0 saturated carbocycles. The Morgan fingerprint density at radius 1 is 1.14 bits per heavy atom. The quantitative estimate of drug-likeness (QED) is 0.127. The molecule has 0 spiro atoms. The summed E-state index contributed by atoms with van der Waals surface area (Å²) in [4.78, 5) is 48.3. The number of anilines is 1. The van der Waals surface area contributed by atoms with E-state index in [1.54, 1.807) is 36.4 Å². The van der Waals surface area contributed by atoms with Crippen LogP contribution < -0.4 is 15.4 Å². The number of para-hydroxylation sites is 1. The van der Waals surface area contributed by atoms with Gasteiger partial charge < -0.3 is 15.4 Å². The summed E-state index contributed by atoms with van der Waals surface area (Å²) in [6, 6.07) is 15.9. The van der Waals surface area contributed by atoms with Gasteiger partial charge in [0.2, 0.25) is 5.91 Å². The lowest BCUT2D eigenvalue weighted by Gasteiger charge is -2.12. The summed E-state index contributed by atoms with van der Waals surface area (Å²) in [5.41, 5.74) is 1.28. The Bertz CT molecular complexity index is 1430. The molecule has 2 N–H and O–H groups in total. The average molecular weight is 616 g/mol. The molecule has 12 heteroatoms. The fourth-order valence-corrected chi connectivity index (χ4v) is 4.07. The topological polar surface area (TPSA) is 131 Å². The fourth-order valence-electron chi connectivity index (χ4n) is 3.38. The highest BCUT2D eigenvalue weighted by Gasteiger charge is 2.35. The van der Waals surface area contributed by atoms with Gasteiger partial charge in [0.1, 0.15) is 30.4 Å². The first-order valence-electron chi connectivity index (χ1n) is 10.8. The van der Waals surface area contributed by atoms with Crippen LogP contribution in [0.15, 0.2) is 72.4 Å². The van der Waals surface area contributed by atoms with Gasteiger partial charge in [-0.2, -0.15) is 0 Å². The van der Waals surface area contributed by atoms with Gasteiger partial charge in [-0.1, -0.05) is 18.2 Å². The zero-order chi connectivity index (χ0) is 26.5. The molecule has 0 radical (unpaired) electrons. The maximum atomic E-state index is 13.7. The van der Waals surface area contributed by atoms with E-state index in [0.29, 0.717) is 11.3 Å². The first-order chi connectivity index (χ1) is 17.7. The van der Waals surface area contributed by atoms with Gasteiger partial charge >= 0.3 is 6.03 Å². The van der Waals surface area contributed by atoms with Crippen LogP contribution in [0, 0.1) is 19.5 Å². The number of hydrogen-bond donors (Lipinski definition) is 2. The lowest BCUT2D eigenvalue weighted by atomic mass is 10.2. The van der Waals surface area contributed by atoms with Gasteiger partial charge in [0.05, 0.1) is 14.2 Å². The predicted molar refractivity (Wildman–Crippen MR) is 140 cm³/mol. The zero-order valence-corrected chi connectivity index (χ0v) is 21.1. The van der Waals surface area contributed by atoms with Gasteiger partial charge in [-0.3, -0.25) is 19.7 Å². The normalized spacial score (nSPS) is 14.0. The van der Waals surface area contributed by atoms with E-state index in [9.17, 15) is 28.9 Å². The van der Waals surface area contributed by atoms with Crippen LogP contribution in [0.5, 0.6) is 5.75 Å². The van der Waals surface area contributed by atoms with Crippen molar-refractivity contribution in [2.24, 2.45) is 0 Å². The van der Waals surface area contributed by atoms with Crippen LogP contribution in [0.3, 0.4) is 0 Å². The number of non-ortho nitro benzene ring substituents is 1. The van der Waals surface area contributed by atoms with E-state index in [2.05, 4.69) is 33.2 Å². The van der Waals surface area contributed by atoms with E-state index in [1.165, 1.54) is 36.4 Å². The van der Waals surface area contributed by atoms with Crippen molar-refractivity contribution in [2.45, 2.75) is 6.61 Å². The van der Waals surface area contributed by atoms with Crippen molar-refractivity contribution in [1.29, 1.82) is 0 Å². The molecule has 3 aromatic carbocycles. The molecule has 10 nitrogen and oxygen atoms in total. The summed E-state index contributed by atoms with van der Waals surface area (Å²) in [6.45, 7) is -0.379. The lowest BCUT2D eigenvalue weighted by molar-refractivity contribution is -0.384. The maximum Gasteiger partial charge on any atom is 0.329 e. The second kappa shape index (κ2) is 11.2. The molecule has 0 aromatic heterocycles. The van der Waals surface area contributed by atoms with E-state index in [-0.39, 0.29) is 23.7 Å². The molecular weight excluding hydrogens is 598 g/mol. The number of rotatable bonds is 8. The number of amides is 4. The van der Waals surface area contributed by atoms with Crippen LogP contribution in [-0.2, 0) is 16.2 Å². The van der Waals surface area contributed by atoms with Crippen molar-refractivity contribution >= 4 is 57.9 Å². The van der Waals surface area contributed by atoms with Crippen molar-refractivity contribution in [3.8, 4) is 5.75 Å².